The smallest absolute Gasteiger partial charge is 0.304 e. The SMILES string of the molecule is Cn1c(CCc2ccc(C(=N)N)cc2)nc2cc(NS(=O)(=O)CCC(=O)O)ccc21. The van der Waals surface area contributed by atoms with Crippen molar-refractivity contribution in [2.75, 3.05) is 10.5 Å². The molecule has 1 aromatic heterocycles. The zero-order chi connectivity index (χ0) is 21.9. The van der Waals surface area contributed by atoms with Gasteiger partial charge < -0.3 is 15.4 Å². The molecule has 3 aromatic rings. The minimum atomic E-state index is -3.75. The lowest BCUT2D eigenvalue weighted by atomic mass is 10.1. The molecule has 0 spiro atoms. The largest absolute Gasteiger partial charge is 0.481 e. The molecule has 158 valence electrons. The Morgan fingerprint density at radius 1 is 1.20 bits per heavy atom. The van der Waals surface area contributed by atoms with Crippen LogP contribution in [0.2, 0.25) is 0 Å². The van der Waals surface area contributed by atoms with Crippen LogP contribution in [0.4, 0.5) is 5.69 Å². The number of carbonyl (C=O) groups is 1. The lowest BCUT2D eigenvalue weighted by Gasteiger charge is -2.07. The molecule has 0 bridgehead atoms. The molecule has 0 radical (unpaired) electrons. The average Bonchev–Trinajstić information content (AvgIpc) is 3.00. The molecule has 0 atom stereocenters. The summed E-state index contributed by atoms with van der Waals surface area (Å²) in [4.78, 5) is 15.2. The molecule has 10 heteroatoms. The van der Waals surface area contributed by atoms with Crippen LogP contribution in [0.1, 0.15) is 23.4 Å². The van der Waals surface area contributed by atoms with Gasteiger partial charge in [0.05, 0.1) is 28.9 Å². The lowest BCUT2D eigenvalue weighted by Crippen LogP contribution is -2.18. The molecule has 0 aliphatic heterocycles. The van der Waals surface area contributed by atoms with Gasteiger partial charge in [0.25, 0.3) is 0 Å². The summed E-state index contributed by atoms with van der Waals surface area (Å²) in [5.41, 5.74) is 9.11. The van der Waals surface area contributed by atoms with Crippen LogP contribution in [0.25, 0.3) is 11.0 Å². The molecule has 1 heterocycles. The molecule has 0 saturated heterocycles. The van der Waals surface area contributed by atoms with Crippen LogP contribution < -0.4 is 10.5 Å². The number of nitrogens with one attached hydrogen (secondary N) is 2. The predicted octanol–water partition coefficient (Wildman–Crippen LogP) is 1.86. The van der Waals surface area contributed by atoms with E-state index in [1.165, 1.54) is 0 Å². The van der Waals surface area contributed by atoms with Gasteiger partial charge in [-0.25, -0.2) is 13.4 Å². The molecular formula is C20H23N5O4S. The van der Waals surface area contributed by atoms with Crippen LogP contribution in [0.5, 0.6) is 0 Å². The summed E-state index contributed by atoms with van der Waals surface area (Å²) in [7, 11) is -1.84. The summed E-state index contributed by atoms with van der Waals surface area (Å²) in [5, 5.41) is 16.1. The molecule has 30 heavy (non-hydrogen) atoms. The first-order valence-electron chi connectivity index (χ1n) is 9.25. The van der Waals surface area contributed by atoms with Crippen molar-refractivity contribution in [3.05, 3.63) is 59.4 Å². The molecule has 0 aliphatic carbocycles. The number of nitrogens with two attached hydrogens (primary N) is 1. The second-order valence-electron chi connectivity index (χ2n) is 6.97. The Bertz CT molecular complexity index is 1200. The van der Waals surface area contributed by atoms with Crippen LogP contribution in [0.15, 0.2) is 42.5 Å². The van der Waals surface area contributed by atoms with Gasteiger partial charge in [-0.15, -0.1) is 0 Å². The zero-order valence-electron chi connectivity index (χ0n) is 16.4. The van der Waals surface area contributed by atoms with Crippen LogP contribution in [0.3, 0.4) is 0 Å². The van der Waals surface area contributed by atoms with E-state index in [4.69, 9.17) is 16.2 Å². The van der Waals surface area contributed by atoms with Gasteiger partial charge in [0.1, 0.15) is 11.7 Å². The van der Waals surface area contributed by atoms with Crippen LogP contribution >= 0.6 is 0 Å². The van der Waals surface area contributed by atoms with Gasteiger partial charge in [0, 0.05) is 19.0 Å². The first-order chi connectivity index (χ1) is 14.1. The number of aromatic nitrogens is 2. The van der Waals surface area contributed by atoms with Crippen molar-refractivity contribution in [3.63, 3.8) is 0 Å². The molecule has 2 aromatic carbocycles. The van der Waals surface area contributed by atoms with E-state index in [1.54, 1.807) is 18.2 Å². The number of aliphatic carboxylic acids is 1. The zero-order valence-corrected chi connectivity index (χ0v) is 17.2. The maximum absolute atomic E-state index is 12.0. The molecule has 0 unspecified atom stereocenters. The minimum Gasteiger partial charge on any atom is -0.481 e. The van der Waals surface area contributed by atoms with Crippen molar-refractivity contribution in [2.24, 2.45) is 12.8 Å². The van der Waals surface area contributed by atoms with Gasteiger partial charge in [0.15, 0.2) is 0 Å². The van der Waals surface area contributed by atoms with Crippen molar-refractivity contribution < 1.29 is 18.3 Å². The second kappa shape index (κ2) is 8.54. The molecule has 0 amide bonds. The fourth-order valence-electron chi connectivity index (χ4n) is 3.10. The van der Waals surface area contributed by atoms with Crippen molar-refractivity contribution in [2.45, 2.75) is 19.3 Å². The summed E-state index contributed by atoms with van der Waals surface area (Å²) in [5.74, 6) is -0.769. The van der Waals surface area contributed by atoms with Gasteiger partial charge in [-0.3, -0.25) is 14.9 Å². The van der Waals surface area contributed by atoms with Gasteiger partial charge in [0.2, 0.25) is 10.0 Å². The topological polar surface area (TPSA) is 151 Å². The number of carboxylic acid groups (broad SMARTS) is 1. The van der Waals surface area contributed by atoms with E-state index in [9.17, 15) is 13.2 Å². The van der Waals surface area contributed by atoms with Crippen molar-refractivity contribution in [1.29, 1.82) is 5.41 Å². The Morgan fingerprint density at radius 2 is 1.90 bits per heavy atom. The van der Waals surface area contributed by atoms with E-state index in [0.717, 1.165) is 23.3 Å². The number of benzene rings is 2. The summed E-state index contributed by atoms with van der Waals surface area (Å²) >= 11 is 0. The van der Waals surface area contributed by atoms with E-state index in [0.29, 0.717) is 23.2 Å². The maximum atomic E-state index is 12.0. The fourth-order valence-corrected chi connectivity index (χ4v) is 4.13. The molecule has 9 nitrogen and oxygen atoms in total. The Kier molecular flexibility index (Phi) is 6.06. The van der Waals surface area contributed by atoms with E-state index in [2.05, 4.69) is 9.71 Å². The van der Waals surface area contributed by atoms with Crippen molar-refractivity contribution in [1.82, 2.24) is 9.55 Å². The van der Waals surface area contributed by atoms with Gasteiger partial charge in [-0.1, -0.05) is 24.3 Å². The molecule has 0 fully saturated rings. The minimum absolute atomic E-state index is 0.0336. The maximum Gasteiger partial charge on any atom is 0.304 e. The summed E-state index contributed by atoms with van der Waals surface area (Å²) in [6, 6.07) is 12.5. The number of rotatable bonds is 9. The number of aryl methyl sites for hydroxylation is 3. The summed E-state index contributed by atoms with van der Waals surface area (Å²) < 4.78 is 28.4. The van der Waals surface area contributed by atoms with Crippen molar-refractivity contribution in [3.8, 4) is 0 Å². The fraction of sp³-hybridized carbons (Fsp3) is 0.250. The van der Waals surface area contributed by atoms with Gasteiger partial charge in [-0.05, 0) is 30.2 Å². The standard InChI is InChI=1S/C20H23N5O4S/c1-25-17-8-7-15(24-30(28,29)11-10-19(26)27)12-16(17)23-18(25)9-4-13-2-5-14(6-3-13)20(21)22/h2-3,5-8,12,24H,4,9-11H2,1H3,(H3,21,22)(H,26,27). The van der Waals surface area contributed by atoms with E-state index in [1.807, 2.05) is 35.9 Å². The number of amidine groups is 1. The van der Waals surface area contributed by atoms with Gasteiger partial charge in [-0.2, -0.15) is 0 Å². The summed E-state index contributed by atoms with van der Waals surface area (Å²) in [6.07, 6.45) is 0.979. The van der Waals surface area contributed by atoms with Crippen molar-refractivity contribution >= 4 is 38.5 Å². The quantitative estimate of drug-likeness (QED) is 0.301. The van der Waals surface area contributed by atoms with E-state index < -0.39 is 28.2 Å². The van der Waals surface area contributed by atoms with E-state index >= 15 is 0 Å². The molecule has 3 rings (SSSR count). The Hall–Kier alpha value is -3.40. The third-order valence-corrected chi connectivity index (χ3v) is 6.02. The Balaban J connectivity index is 1.73. The highest BCUT2D eigenvalue weighted by molar-refractivity contribution is 7.92. The number of hydrogen-bond acceptors (Lipinski definition) is 5. The number of carboxylic acids is 1. The first-order valence-corrected chi connectivity index (χ1v) is 10.9. The highest BCUT2D eigenvalue weighted by Gasteiger charge is 2.15. The Labute approximate surface area is 174 Å². The first kappa shape index (κ1) is 21.3. The number of fused-ring (bicyclic) bond motifs is 1. The Morgan fingerprint density at radius 3 is 2.53 bits per heavy atom. The third kappa shape index (κ3) is 5.15. The van der Waals surface area contributed by atoms with Crippen LogP contribution in [0, 0.1) is 5.41 Å². The highest BCUT2D eigenvalue weighted by Crippen LogP contribution is 2.21. The predicted molar refractivity (Wildman–Crippen MR) is 115 cm³/mol. The third-order valence-electron chi connectivity index (χ3n) is 4.73. The van der Waals surface area contributed by atoms with Gasteiger partial charge >= 0.3 is 5.97 Å². The molecular weight excluding hydrogens is 406 g/mol. The molecule has 0 aliphatic rings. The number of anilines is 1. The lowest BCUT2D eigenvalue weighted by molar-refractivity contribution is -0.136. The normalized spacial score (nSPS) is 11.5. The number of nitrogen functional groups attached to an aromatic ring is 1. The summed E-state index contributed by atoms with van der Waals surface area (Å²) in [6.45, 7) is 0. The molecule has 5 N–H and O–H groups in total. The average molecular weight is 430 g/mol. The number of sulfonamides is 1. The second-order valence-corrected chi connectivity index (χ2v) is 8.81. The number of nitrogens with zero attached hydrogens (tertiary/aromatic N) is 2. The van der Waals surface area contributed by atoms with Crippen LogP contribution in [-0.2, 0) is 34.7 Å². The van der Waals surface area contributed by atoms with Crippen LogP contribution in [-0.4, -0.2) is 40.6 Å². The monoisotopic (exact) mass is 429 g/mol. The van der Waals surface area contributed by atoms with E-state index in [-0.39, 0.29) is 5.84 Å². The number of imidazole rings is 1. The highest BCUT2D eigenvalue weighted by atomic mass is 32.2. The number of hydrogen-bond donors (Lipinski definition) is 4. The molecule has 0 saturated carbocycles.